The molecule has 3 rings (SSSR count). The third-order valence-electron chi connectivity index (χ3n) is 3.28. The van der Waals surface area contributed by atoms with Gasteiger partial charge in [0.1, 0.15) is 0 Å². The summed E-state index contributed by atoms with van der Waals surface area (Å²) in [6, 6.07) is 18.9. The van der Waals surface area contributed by atoms with Crippen molar-refractivity contribution in [2.24, 2.45) is 0 Å². The smallest absolute Gasteiger partial charge is 0.0741 e. The Balaban J connectivity index is 2.27. The fourth-order valence-electron chi connectivity index (χ4n) is 2.31. The zero-order valence-electron chi connectivity index (χ0n) is 10.7. The van der Waals surface area contributed by atoms with Gasteiger partial charge in [-0.05, 0) is 36.2 Å². The van der Waals surface area contributed by atoms with E-state index in [4.69, 9.17) is 4.98 Å². The first-order chi connectivity index (χ1) is 9.28. The van der Waals surface area contributed by atoms with Crippen LogP contribution in [0.2, 0.25) is 0 Å². The van der Waals surface area contributed by atoms with Crippen LogP contribution in [0, 0.1) is 0 Å². The molecule has 0 atom stereocenters. The van der Waals surface area contributed by atoms with Crippen molar-refractivity contribution in [1.82, 2.24) is 4.98 Å². The number of hydrogen-bond acceptors (Lipinski definition) is 1. The molecule has 0 N–H and O–H groups in total. The van der Waals surface area contributed by atoms with Gasteiger partial charge in [-0.15, -0.1) is 0 Å². The minimum absolute atomic E-state index is 0.986. The van der Waals surface area contributed by atoms with Gasteiger partial charge in [0.25, 0.3) is 0 Å². The van der Waals surface area contributed by atoms with Crippen LogP contribution in [-0.2, 0) is 6.42 Å². The van der Waals surface area contributed by atoms with E-state index in [0.29, 0.717) is 0 Å². The largest absolute Gasteiger partial charge is 0.248 e. The van der Waals surface area contributed by atoms with E-state index >= 15 is 0 Å². The second-order valence-electron chi connectivity index (χ2n) is 4.55. The van der Waals surface area contributed by atoms with E-state index in [1.54, 1.807) is 0 Å². The van der Waals surface area contributed by atoms with Crippen LogP contribution in [0.1, 0.15) is 12.5 Å². The Morgan fingerprint density at radius 2 is 1.79 bits per heavy atom. The van der Waals surface area contributed by atoms with E-state index in [0.717, 1.165) is 22.1 Å². The lowest BCUT2D eigenvalue weighted by molar-refractivity contribution is 1.12. The summed E-state index contributed by atoms with van der Waals surface area (Å²) in [6.45, 7) is 2.17. The van der Waals surface area contributed by atoms with E-state index in [1.165, 1.54) is 16.5 Å². The monoisotopic (exact) mass is 311 g/mol. The third kappa shape index (κ3) is 2.41. The van der Waals surface area contributed by atoms with Crippen molar-refractivity contribution in [3.63, 3.8) is 0 Å². The van der Waals surface area contributed by atoms with Crippen LogP contribution in [0.3, 0.4) is 0 Å². The molecule has 1 aromatic heterocycles. The Labute approximate surface area is 121 Å². The van der Waals surface area contributed by atoms with Gasteiger partial charge in [0.2, 0.25) is 0 Å². The zero-order valence-corrected chi connectivity index (χ0v) is 12.3. The number of aryl methyl sites for hydroxylation is 1. The van der Waals surface area contributed by atoms with Gasteiger partial charge < -0.3 is 0 Å². The molecule has 2 heteroatoms. The Morgan fingerprint density at radius 1 is 1.00 bits per heavy atom. The van der Waals surface area contributed by atoms with Gasteiger partial charge in [-0.2, -0.15) is 0 Å². The summed E-state index contributed by atoms with van der Waals surface area (Å²) in [5.74, 6) is 0. The summed E-state index contributed by atoms with van der Waals surface area (Å²) in [5.41, 5.74) is 4.61. The highest BCUT2D eigenvalue weighted by Gasteiger charge is 2.07. The molecular formula is C17H14BrN. The SMILES string of the molecule is CCc1cc2cc(Br)ccc2nc1-c1ccccc1. The zero-order chi connectivity index (χ0) is 13.2. The Bertz CT molecular complexity index is 720. The standard InChI is InChI=1S/C17H14BrN/c1-2-12-10-14-11-15(18)8-9-16(14)19-17(12)13-6-4-3-5-7-13/h3-11H,2H2,1H3. The number of halogens is 1. The normalized spacial score (nSPS) is 10.8. The van der Waals surface area contributed by atoms with Crippen molar-refractivity contribution in [3.05, 3.63) is 64.6 Å². The van der Waals surface area contributed by atoms with Crippen molar-refractivity contribution in [2.75, 3.05) is 0 Å². The van der Waals surface area contributed by atoms with Crippen LogP contribution in [0.4, 0.5) is 0 Å². The van der Waals surface area contributed by atoms with Gasteiger partial charge >= 0.3 is 0 Å². The quantitative estimate of drug-likeness (QED) is 0.631. The predicted molar refractivity (Wildman–Crippen MR) is 84.3 cm³/mol. The van der Waals surface area contributed by atoms with Crippen molar-refractivity contribution < 1.29 is 0 Å². The van der Waals surface area contributed by atoms with Gasteiger partial charge in [-0.3, -0.25) is 0 Å². The Morgan fingerprint density at radius 3 is 2.53 bits per heavy atom. The lowest BCUT2D eigenvalue weighted by Crippen LogP contribution is -1.93. The van der Waals surface area contributed by atoms with E-state index in [-0.39, 0.29) is 0 Å². The predicted octanol–water partition coefficient (Wildman–Crippen LogP) is 5.23. The van der Waals surface area contributed by atoms with E-state index in [2.05, 4.69) is 65.3 Å². The Kier molecular flexibility index (Phi) is 3.34. The maximum Gasteiger partial charge on any atom is 0.0741 e. The summed E-state index contributed by atoms with van der Waals surface area (Å²) < 4.78 is 1.09. The van der Waals surface area contributed by atoms with Crippen LogP contribution >= 0.6 is 15.9 Å². The fraction of sp³-hybridized carbons (Fsp3) is 0.118. The Hall–Kier alpha value is -1.67. The van der Waals surface area contributed by atoms with Gasteiger partial charge in [0.15, 0.2) is 0 Å². The number of aromatic nitrogens is 1. The highest BCUT2D eigenvalue weighted by atomic mass is 79.9. The van der Waals surface area contributed by atoms with Gasteiger partial charge in [0.05, 0.1) is 11.2 Å². The molecule has 19 heavy (non-hydrogen) atoms. The minimum atomic E-state index is 0.986. The molecule has 1 nitrogen and oxygen atoms in total. The lowest BCUT2D eigenvalue weighted by Gasteiger charge is -2.09. The summed E-state index contributed by atoms with van der Waals surface area (Å²) in [4.78, 5) is 4.84. The van der Waals surface area contributed by atoms with E-state index < -0.39 is 0 Å². The average Bonchev–Trinajstić information content (AvgIpc) is 2.46. The highest BCUT2D eigenvalue weighted by Crippen LogP contribution is 2.27. The van der Waals surface area contributed by atoms with Gasteiger partial charge in [0, 0.05) is 15.4 Å². The van der Waals surface area contributed by atoms with Crippen LogP contribution in [0.25, 0.3) is 22.2 Å². The summed E-state index contributed by atoms with van der Waals surface area (Å²) >= 11 is 3.51. The number of benzene rings is 2. The van der Waals surface area contributed by atoms with Crippen molar-refractivity contribution >= 4 is 26.8 Å². The van der Waals surface area contributed by atoms with Crippen molar-refractivity contribution in [3.8, 4) is 11.3 Å². The topological polar surface area (TPSA) is 12.9 Å². The maximum atomic E-state index is 4.84. The minimum Gasteiger partial charge on any atom is -0.248 e. The number of nitrogens with zero attached hydrogens (tertiary/aromatic N) is 1. The summed E-state index contributed by atoms with van der Waals surface area (Å²) in [7, 11) is 0. The molecule has 0 spiro atoms. The molecule has 3 aromatic rings. The molecule has 94 valence electrons. The molecule has 0 bridgehead atoms. The molecular weight excluding hydrogens is 298 g/mol. The van der Waals surface area contributed by atoms with Gasteiger partial charge in [-0.1, -0.05) is 53.2 Å². The molecule has 0 saturated carbocycles. The molecule has 2 aromatic carbocycles. The molecule has 0 aliphatic heterocycles. The van der Waals surface area contributed by atoms with E-state index in [9.17, 15) is 0 Å². The molecule has 0 unspecified atom stereocenters. The van der Waals surface area contributed by atoms with Crippen LogP contribution in [0.15, 0.2) is 59.1 Å². The highest BCUT2D eigenvalue weighted by molar-refractivity contribution is 9.10. The number of fused-ring (bicyclic) bond motifs is 1. The van der Waals surface area contributed by atoms with Crippen LogP contribution in [0.5, 0.6) is 0 Å². The van der Waals surface area contributed by atoms with Gasteiger partial charge in [-0.25, -0.2) is 4.98 Å². The van der Waals surface area contributed by atoms with Crippen molar-refractivity contribution in [2.45, 2.75) is 13.3 Å². The summed E-state index contributed by atoms with van der Waals surface area (Å²) in [5, 5.41) is 1.19. The van der Waals surface area contributed by atoms with E-state index in [1.807, 2.05) is 12.1 Å². The van der Waals surface area contributed by atoms with Crippen LogP contribution < -0.4 is 0 Å². The second-order valence-corrected chi connectivity index (χ2v) is 5.47. The first kappa shape index (κ1) is 12.4. The third-order valence-corrected chi connectivity index (χ3v) is 3.78. The lowest BCUT2D eigenvalue weighted by atomic mass is 10.0. The maximum absolute atomic E-state index is 4.84. The first-order valence-corrected chi connectivity index (χ1v) is 7.22. The molecule has 0 radical (unpaired) electrons. The molecule has 0 fully saturated rings. The number of rotatable bonds is 2. The average molecular weight is 312 g/mol. The molecule has 1 heterocycles. The number of hydrogen-bond donors (Lipinski definition) is 0. The van der Waals surface area contributed by atoms with Crippen molar-refractivity contribution in [1.29, 1.82) is 0 Å². The summed E-state index contributed by atoms with van der Waals surface area (Å²) in [6.07, 6.45) is 0.986. The second kappa shape index (κ2) is 5.14. The molecule has 0 aliphatic rings. The van der Waals surface area contributed by atoms with Crippen LogP contribution in [-0.4, -0.2) is 4.98 Å². The number of pyridine rings is 1. The molecule has 0 aliphatic carbocycles. The molecule has 0 saturated heterocycles. The molecule has 0 amide bonds. The fourth-order valence-corrected chi connectivity index (χ4v) is 2.69. The first-order valence-electron chi connectivity index (χ1n) is 6.42.